The fraction of sp³-hybridized carbons (Fsp3) is 0.360. The number of carbonyl (C=O) groups is 1. The van der Waals surface area contributed by atoms with E-state index in [0.29, 0.717) is 16.8 Å². The number of alkyl carbamates (subject to hydrolysis) is 1. The van der Waals surface area contributed by atoms with Crippen molar-refractivity contribution in [2.45, 2.75) is 45.5 Å². The van der Waals surface area contributed by atoms with Crippen LogP contribution in [0.5, 0.6) is 5.75 Å². The normalized spacial score (nSPS) is 16.7. The van der Waals surface area contributed by atoms with Crippen LogP contribution in [-0.2, 0) is 20.7 Å². The number of hydrogen-bond acceptors (Lipinski definition) is 6. The molecule has 0 bridgehead atoms. The van der Waals surface area contributed by atoms with Crippen molar-refractivity contribution in [3.05, 3.63) is 70.7 Å². The van der Waals surface area contributed by atoms with Crippen molar-refractivity contribution in [3.8, 4) is 11.8 Å². The molecule has 1 aliphatic heterocycles. The van der Waals surface area contributed by atoms with Crippen LogP contribution >= 0.6 is 0 Å². The SMILES string of the molecule is COc1cc(C=C(CNC(=O)OCc2ccccc2)B2OC(C)(C)C(C)(C)O2)ccc1C#N. The van der Waals surface area contributed by atoms with E-state index in [1.54, 1.807) is 18.2 Å². The topological polar surface area (TPSA) is 89.8 Å². The Morgan fingerprint density at radius 3 is 2.39 bits per heavy atom. The quantitative estimate of drug-likeness (QED) is 0.627. The molecule has 3 rings (SSSR count). The third-order valence-electron chi connectivity index (χ3n) is 5.90. The van der Waals surface area contributed by atoms with Gasteiger partial charge in [-0.3, -0.25) is 0 Å². The van der Waals surface area contributed by atoms with Gasteiger partial charge in [-0.1, -0.05) is 42.5 Å². The zero-order valence-corrected chi connectivity index (χ0v) is 19.7. The Morgan fingerprint density at radius 1 is 1.12 bits per heavy atom. The number of nitrogens with one attached hydrogen (secondary N) is 1. The molecule has 0 aromatic heterocycles. The van der Waals surface area contributed by atoms with Crippen molar-refractivity contribution in [1.82, 2.24) is 5.32 Å². The zero-order valence-electron chi connectivity index (χ0n) is 19.7. The van der Waals surface area contributed by atoms with Crippen LogP contribution in [0.1, 0.15) is 44.4 Å². The summed E-state index contributed by atoms with van der Waals surface area (Å²) in [5.41, 5.74) is 1.76. The van der Waals surface area contributed by atoms with E-state index in [1.807, 2.05) is 64.1 Å². The first-order valence-electron chi connectivity index (χ1n) is 10.7. The summed E-state index contributed by atoms with van der Waals surface area (Å²) >= 11 is 0. The molecule has 0 radical (unpaired) electrons. The lowest BCUT2D eigenvalue weighted by atomic mass is 9.77. The van der Waals surface area contributed by atoms with Crippen LogP contribution in [0.3, 0.4) is 0 Å². The lowest BCUT2D eigenvalue weighted by Crippen LogP contribution is -2.41. The number of nitrogens with zero attached hydrogens (tertiary/aromatic N) is 1. The Balaban J connectivity index is 1.78. The molecular weight excluding hydrogens is 419 g/mol. The van der Waals surface area contributed by atoms with Crippen molar-refractivity contribution in [3.63, 3.8) is 0 Å². The van der Waals surface area contributed by atoms with Gasteiger partial charge in [-0.05, 0) is 56.4 Å². The molecule has 1 saturated heterocycles. The standard InChI is InChI=1S/C25H29BN2O5/c1-24(2)25(3,4)33-26(32-24)21(13-19-11-12-20(15-27)22(14-19)30-5)16-28-23(29)31-17-18-9-7-6-8-10-18/h6-14H,16-17H2,1-5H3,(H,28,29). The molecule has 0 unspecified atom stereocenters. The summed E-state index contributed by atoms with van der Waals surface area (Å²) in [4.78, 5) is 12.3. The highest BCUT2D eigenvalue weighted by Gasteiger charge is 2.52. The molecule has 1 aliphatic rings. The highest BCUT2D eigenvalue weighted by molar-refractivity contribution is 6.56. The largest absolute Gasteiger partial charge is 0.495 e. The molecule has 0 saturated carbocycles. The number of benzene rings is 2. The summed E-state index contributed by atoms with van der Waals surface area (Å²) in [7, 11) is 0.856. The third-order valence-corrected chi connectivity index (χ3v) is 5.90. The number of carbonyl (C=O) groups excluding carboxylic acids is 1. The molecule has 1 heterocycles. The van der Waals surface area contributed by atoms with Crippen molar-refractivity contribution < 1.29 is 23.6 Å². The second-order valence-electron chi connectivity index (χ2n) is 8.79. The smallest absolute Gasteiger partial charge is 0.492 e. The summed E-state index contributed by atoms with van der Waals surface area (Å²) in [5, 5.41) is 12.0. The van der Waals surface area contributed by atoms with Gasteiger partial charge in [0.1, 0.15) is 18.4 Å². The number of hydrogen-bond donors (Lipinski definition) is 1. The maximum Gasteiger partial charge on any atom is 0.492 e. The number of rotatable bonds is 7. The maximum atomic E-state index is 12.3. The van der Waals surface area contributed by atoms with Gasteiger partial charge in [0.05, 0.1) is 23.9 Å². The third kappa shape index (κ3) is 5.95. The van der Waals surface area contributed by atoms with E-state index in [0.717, 1.165) is 11.1 Å². The van der Waals surface area contributed by atoms with E-state index in [-0.39, 0.29) is 13.2 Å². The second kappa shape index (κ2) is 10.1. The second-order valence-corrected chi connectivity index (χ2v) is 8.79. The molecule has 0 aliphatic carbocycles. The van der Waals surface area contributed by atoms with Gasteiger partial charge in [0.2, 0.25) is 0 Å². The van der Waals surface area contributed by atoms with E-state index >= 15 is 0 Å². The Morgan fingerprint density at radius 2 is 1.79 bits per heavy atom. The van der Waals surface area contributed by atoms with Gasteiger partial charge in [-0.25, -0.2) is 4.79 Å². The van der Waals surface area contributed by atoms with Gasteiger partial charge in [0.15, 0.2) is 0 Å². The molecule has 2 aromatic carbocycles. The number of ether oxygens (including phenoxy) is 2. The van der Waals surface area contributed by atoms with Crippen molar-refractivity contribution >= 4 is 19.3 Å². The first kappa shape index (κ1) is 24.4. The Labute approximate surface area is 195 Å². The van der Waals surface area contributed by atoms with Crippen molar-refractivity contribution in [2.75, 3.05) is 13.7 Å². The summed E-state index contributed by atoms with van der Waals surface area (Å²) in [6, 6.07) is 16.8. The molecule has 1 N–H and O–H groups in total. The Kier molecular flexibility index (Phi) is 7.47. The molecule has 7 nitrogen and oxygen atoms in total. The zero-order chi connectivity index (χ0) is 24.1. The monoisotopic (exact) mass is 448 g/mol. The molecule has 0 spiro atoms. The van der Waals surface area contributed by atoms with Gasteiger partial charge in [-0.2, -0.15) is 5.26 Å². The average Bonchev–Trinajstić information content (AvgIpc) is 3.02. The van der Waals surface area contributed by atoms with Crippen LogP contribution in [-0.4, -0.2) is 38.1 Å². The predicted octanol–water partition coefficient (Wildman–Crippen LogP) is 4.51. The molecule has 8 heteroatoms. The van der Waals surface area contributed by atoms with E-state index < -0.39 is 24.4 Å². The fourth-order valence-corrected chi connectivity index (χ4v) is 3.25. The molecule has 1 amide bonds. The van der Waals surface area contributed by atoms with E-state index in [2.05, 4.69) is 11.4 Å². The average molecular weight is 448 g/mol. The van der Waals surface area contributed by atoms with Gasteiger partial charge in [0, 0.05) is 6.54 Å². The molecular formula is C25H29BN2O5. The highest BCUT2D eigenvalue weighted by atomic mass is 16.7. The van der Waals surface area contributed by atoms with Gasteiger partial charge >= 0.3 is 13.2 Å². The van der Waals surface area contributed by atoms with Crippen LogP contribution in [0.25, 0.3) is 6.08 Å². The lowest BCUT2D eigenvalue weighted by molar-refractivity contribution is 0.00578. The summed E-state index contributed by atoms with van der Waals surface area (Å²) in [6.07, 6.45) is 1.32. The number of amides is 1. The number of nitriles is 1. The molecule has 172 valence electrons. The van der Waals surface area contributed by atoms with Crippen molar-refractivity contribution in [1.29, 1.82) is 5.26 Å². The summed E-state index contributed by atoms with van der Waals surface area (Å²) in [5.74, 6) is 0.467. The highest BCUT2D eigenvalue weighted by Crippen LogP contribution is 2.38. The Bertz CT molecular complexity index is 1040. The molecule has 0 atom stereocenters. The summed E-state index contributed by atoms with van der Waals surface area (Å²) in [6.45, 7) is 8.21. The first-order chi connectivity index (χ1) is 15.6. The minimum Gasteiger partial charge on any atom is -0.495 e. The van der Waals surface area contributed by atoms with Crippen LogP contribution < -0.4 is 10.1 Å². The lowest BCUT2D eigenvalue weighted by Gasteiger charge is -2.32. The molecule has 2 aromatic rings. The van der Waals surface area contributed by atoms with Crippen LogP contribution in [0.4, 0.5) is 4.79 Å². The predicted molar refractivity (Wildman–Crippen MR) is 126 cm³/mol. The van der Waals surface area contributed by atoms with Gasteiger partial charge < -0.3 is 24.1 Å². The summed E-state index contributed by atoms with van der Waals surface area (Å²) < 4.78 is 23.0. The Hall–Kier alpha value is -3.28. The van der Waals surface area contributed by atoms with Crippen LogP contribution in [0.2, 0.25) is 0 Å². The van der Waals surface area contributed by atoms with E-state index in [4.69, 9.17) is 18.8 Å². The maximum absolute atomic E-state index is 12.3. The van der Waals surface area contributed by atoms with E-state index in [9.17, 15) is 10.1 Å². The minimum absolute atomic E-state index is 0.159. The van der Waals surface area contributed by atoms with Crippen LogP contribution in [0, 0.1) is 11.3 Å². The van der Waals surface area contributed by atoms with Crippen molar-refractivity contribution in [2.24, 2.45) is 0 Å². The van der Waals surface area contributed by atoms with Crippen LogP contribution in [0.15, 0.2) is 54.0 Å². The molecule has 1 fully saturated rings. The number of methoxy groups -OCH3 is 1. The first-order valence-corrected chi connectivity index (χ1v) is 10.7. The van der Waals surface area contributed by atoms with E-state index in [1.165, 1.54) is 7.11 Å². The molecule has 33 heavy (non-hydrogen) atoms. The fourth-order valence-electron chi connectivity index (χ4n) is 3.25. The minimum atomic E-state index is -0.661. The van der Waals surface area contributed by atoms with Gasteiger partial charge in [-0.15, -0.1) is 0 Å². The van der Waals surface area contributed by atoms with Gasteiger partial charge in [0.25, 0.3) is 0 Å².